The third-order valence-electron chi connectivity index (χ3n) is 7.89. The number of halogens is 3. The van der Waals surface area contributed by atoms with Crippen LogP contribution in [0, 0.1) is 0 Å². The fourth-order valence-corrected chi connectivity index (χ4v) is 6.38. The lowest BCUT2D eigenvalue weighted by atomic mass is 10.0. The molecule has 6 rings (SSSR count). The topological polar surface area (TPSA) is 119 Å². The van der Waals surface area contributed by atoms with E-state index in [2.05, 4.69) is 10.5 Å². The highest BCUT2D eigenvalue weighted by Gasteiger charge is 2.41. The van der Waals surface area contributed by atoms with Crippen molar-refractivity contribution in [1.29, 1.82) is 0 Å². The summed E-state index contributed by atoms with van der Waals surface area (Å²) in [5, 5.41) is 6.75. The van der Waals surface area contributed by atoms with E-state index in [1.807, 2.05) is 30.3 Å². The second-order valence-electron chi connectivity index (χ2n) is 10.9. The Morgan fingerprint density at radius 1 is 1.05 bits per heavy atom. The first kappa shape index (κ1) is 30.0. The van der Waals surface area contributed by atoms with Crippen LogP contribution in [0.15, 0.2) is 65.2 Å². The van der Waals surface area contributed by atoms with Crippen LogP contribution in [0.5, 0.6) is 5.75 Å². The van der Waals surface area contributed by atoms with E-state index in [0.717, 1.165) is 41.7 Å². The molecule has 2 aliphatic carbocycles. The van der Waals surface area contributed by atoms with Gasteiger partial charge in [-0.25, -0.2) is 0 Å². The molecule has 224 valence electrons. The molecule has 0 aliphatic heterocycles. The number of benzene rings is 3. The minimum Gasteiger partial charge on any atom is -0.489 e. The third kappa shape index (κ3) is 6.42. The maximum atomic E-state index is 12.3. The zero-order valence-electron chi connectivity index (χ0n) is 22.9. The number of nitrogens with zero attached hydrogens (tertiary/aromatic N) is 1. The molecule has 2 fully saturated rings. The number of hydrogen-bond acceptors (Lipinski definition) is 6. The van der Waals surface area contributed by atoms with E-state index < -0.39 is 21.4 Å². The van der Waals surface area contributed by atoms with Gasteiger partial charge in [0.2, 0.25) is 0 Å². The van der Waals surface area contributed by atoms with Crippen LogP contribution in [0.1, 0.15) is 76.7 Å². The van der Waals surface area contributed by atoms with Gasteiger partial charge in [-0.3, -0.25) is 9.35 Å². The Labute approximate surface area is 264 Å². The van der Waals surface area contributed by atoms with Gasteiger partial charge in [0.15, 0.2) is 5.37 Å². The lowest BCUT2D eigenvalue weighted by molar-refractivity contribution is 0.0948. The summed E-state index contributed by atoms with van der Waals surface area (Å²) in [4.78, 5) is 12.3. The Hall–Kier alpha value is -3.08. The van der Waals surface area contributed by atoms with E-state index >= 15 is 0 Å². The molecule has 8 nitrogen and oxygen atoms in total. The molecule has 2 saturated carbocycles. The normalized spacial score (nSPS) is 18.7. The summed E-state index contributed by atoms with van der Waals surface area (Å²) in [6.45, 7) is 1.42. The molecule has 0 radical (unpaired) electrons. The molecule has 1 amide bonds. The van der Waals surface area contributed by atoms with Gasteiger partial charge in [-0.1, -0.05) is 64.2 Å². The lowest BCUT2D eigenvalue weighted by Crippen LogP contribution is -2.38. The van der Waals surface area contributed by atoms with E-state index in [0.29, 0.717) is 43.6 Å². The molecule has 2 N–H and O–H groups in total. The molecule has 43 heavy (non-hydrogen) atoms. The highest BCUT2D eigenvalue weighted by molar-refractivity contribution is 7.86. The van der Waals surface area contributed by atoms with Crippen LogP contribution in [-0.4, -0.2) is 29.4 Å². The summed E-state index contributed by atoms with van der Waals surface area (Å²) in [6, 6.07) is 18.0. The predicted octanol–water partition coefficient (Wildman–Crippen LogP) is 7.99. The number of rotatable bonds is 10. The van der Waals surface area contributed by atoms with Crippen LogP contribution in [0.4, 0.5) is 0 Å². The van der Waals surface area contributed by atoms with Gasteiger partial charge < -0.3 is 14.6 Å². The minimum atomic E-state index is -4.37. The highest BCUT2D eigenvalue weighted by Crippen LogP contribution is 2.56. The van der Waals surface area contributed by atoms with Crippen LogP contribution in [0.25, 0.3) is 11.3 Å². The van der Waals surface area contributed by atoms with E-state index in [4.69, 9.17) is 48.6 Å². The van der Waals surface area contributed by atoms with Crippen molar-refractivity contribution in [3.63, 3.8) is 0 Å². The molecule has 0 spiro atoms. The smallest absolute Gasteiger partial charge is 0.285 e. The number of hydrogen-bond donors (Lipinski definition) is 2. The predicted molar refractivity (Wildman–Crippen MR) is 165 cm³/mol. The SMILES string of the molecule is CC(NC(=O)c1ccc(C2CC2c2ccc(OCc3c(-c4c(Cl)cccc4Cl)noc3C3CC3)cc2Cl)cc1)S(=O)(=O)O. The molecule has 0 saturated heterocycles. The average molecular weight is 662 g/mol. The number of aromatic nitrogens is 1. The van der Waals surface area contributed by atoms with Crippen molar-refractivity contribution in [3.8, 4) is 17.0 Å². The lowest BCUT2D eigenvalue weighted by Gasteiger charge is -2.12. The first-order valence-electron chi connectivity index (χ1n) is 13.7. The van der Waals surface area contributed by atoms with Crippen LogP contribution < -0.4 is 10.1 Å². The second-order valence-corrected chi connectivity index (χ2v) is 13.9. The van der Waals surface area contributed by atoms with Crippen molar-refractivity contribution < 1.29 is 27.0 Å². The van der Waals surface area contributed by atoms with Crippen LogP contribution in [0.2, 0.25) is 15.1 Å². The fourth-order valence-electron chi connectivity index (χ4n) is 5.23. The Bertz CT molecular complexity index is 1780. The van der Waals surface area contributed by atoms with E-state index in [1.165, 1.54) is 6.92 Å². The molecule has 2 aliphatic rings. The maximum absolute atomic E-state index is 12.3. The van der Waals surface area contributed by atoms with Gasteiger partial charge in [0.25, 0.3) is 16.0 Å². The average Bonchev–Trinajstić information content (AvgIpc) is 3.90. The van der Waals surface area contributed by atoms with Gasteiger partial charge in [-0.2, -0.15) is 8.42 Å². The van der Waals surface area contributed by atoms with Crippen molar-refractivity contribution in [3.05, 3.63) is 104 Å². The molecule has 3 atom stereocenters. The first-order chi connectivity index (χ1) is 20.5. The zero-order valence-corrected chi connectivity index (χ0v) is 26.0. The molecular formula is C31H27Cl3N2O6S. The molecular weight excluding hydrogens is 635 g/mol. The van der Waals surface area contributed by atoms with Gasteiger partial charge in [-0.05, 0) is 85.5 Å². The van der Waals surface area contributed by atoms with Crippen LogP contribution >= 0.6 is 34.8 Å². The van der Waals surface area contributed by atoms with Crippen molar-refractivity contribution >= 4 is 50.8 Å². The van der Waals surface area contributed by atoms with Gasteiger partial charge in [0, 0.05) is 22.1 Å². The van der Waals surface area contributed by atoms with Crippen LogP contribution in [-0.2, 0) is 16.7 Å². The van der Waals surface area contributed by atoms with Gasteiger partial charge >= 0.3 is 0 Å². The van der Waals surface area contributed by atoms with E-state index in [-0.39, 0.29) is 18.4 Å². The molecule has 0 bridgehead atoms. The second kappa shape index (κ2) is 11.8. The number of amides is 1. The molecule has 3 aromatic carbocycles. The Morgan fingerprint density at radius 2 is 1.74 bits per heavy atom. The number of carbonyl (C=O) groups is 1. The summed E-state index contributed by atoms with van der Waals surface area (Å²) in [6.07, 6.45) is 2.97. The number of nitrogens with one attached hydrogen (secondary N) is 1. The van der Waals surface area contributed by atoms with Crippen molar-refractivity contribution in [2.75, 3.05) is 0 Å². The molecule has 1 aromatic heterocycles. The van der Waals surface area contributed by atoms with Crippen molar-refractivity contribution in [2.24, 2.45) is 0 Å². The summed E-state index contributed by atoms with van der Waals surface area (Å²) >= 11 is 19.7. The molecule has 1 heterocycles. The quantitative estimate of drug-likeness (QED) is 0.165. The summed E-state index contributed by atoms with van der Waals surface area (Å²) in [7, 11) is -4.37. The number of ether oxygens (including phenoxy) is 1. The van der Waals surface area contributed by atoms with E-state index in [9.17, 15) is 13.2 Å². The molecule has 3 unspecified atom stereocenters. The monoisotopic (exact) mass is 660 g/mol. The Kier molecular flexibility index (Phi) is 8.21. The third-order valence-corrected chi connectivity index (χ3v) is 9.86. The Morgan fingerprint density at radius 3 is 2.37 bits per heavy atom. The minimum absolute atomic E-state index is 0.217. The first-order valence-corrected chi connectivity index (χ1v) is 16.4. The zero-order chi connectivity index (χ0) is 30.5. The standard InChI is InChI=1S/C31H27Cl3N2O6S/c1-16(43(38,39)40)35-31(37)19-9-5-17(6-10-19)22-14-23(22)21-12-11-20(13-27(21)34)41-15-24-29(36-42-30(24)18-7-8-18)28-25(32)3-2-4-26(28)33/h2-6,9-13,16,18,22-23H,7-8,14-15H2,1H3,(H,35,37)(H,38,39,40). The largest absolute Gasteiger partial charge is 0.489 e. The summed E-state index contributed by atoms with van der Waals surface area (Å²) in [5.41, 5.74) is 4.38. The van der Waals surface area contributed by atoms with Gasteiger partial charge in [0.05, 0.1) is 15.6 Å². The van der Waals surface area contributed by atoms with Crippen LogP contribution in [0.3, 0.4) is 0 Å². The van der Waals surface area contributed by atoms with Crippen molar-refractivity contribution in [1.82, 2.24) is 10.5 Å². The maximum Gasteiger partial charge on any atom is 0.285 e. The number of carbonyl (C=O) groups excluding carboxylic acids is 1. The highest BCUT2D eigenvalue weighted by atomic mass is 35.5. The Balaban J connectivity index is 1.13. The molecule has 12 heteroatoms. The van der Waals surface area contributed by atoms with Crippen molar-refractivity contribution in [2.45, 2.75) is 55.9 Å². The van der Waals surface area contributed by atoms with Gasteiger partial charge in [0.1, 0.15) is 23.8 Å². The van der Waals surface area contributed by atoms with E-state index in [1.54, 1.807) is 30.3 Å². The fraction of sp³-hybridized carbons (Fsp3) is 0.290. The summed E-state index contributed by atoms with van der Waals surface area (Å²) < 4.78 is 43.4. The summed E-state index contributed by atoms with van der Waals surface area (Å²) in [5.74, 6) is 1.58. The molecule has 4 aromatic rings. The van der Waals surface area contributed by atoms with Gasteiger partial charge in [-0.15, -0.1) is 0 Å².